The summed E-state index contributed by atoms with van der Waals surface area (Å²) in [6.45, 7) is 3.17. The Morgan fingerprint density at radius 3 is 3.10 bits per heavy atom. The molecular formula is C17H22N2S. The third-order valence-corrected chi connectivity index (χ3v) is 4.88. The van der Waals surface area contributed by atoms with E-state index in [2.05, 4.69) is 46.9 Å². The van der Waals surface area contributed by atoms with E-state index in [1.807, 2.05) is 5.51 Å². The molecule has 3 rings (SSSR count). The first-order valence-corrected chi connectivity index (χ1v) is 8.52. The predicted molar refractivity (Wildman–Crippen MR) is 85.3 cm³/mol. The average Bonchev–Trinajstić information content (AvgIpc) is 3.01. The summed E-state index contributed by atoms with van der Waals surface area (Å²) in [5.41, 5.74) is 6.27. The van der Waals surface area contributed by atoms with Crippen LogP contribution in [0.3, 0.4) is 0 Å². The van der Waals surface area contributed by atoms with E-state index in [1.54, 1.807) is 22.5 Å². The largest absolute Gasteiger partial charge is 0.309 e. The fourth-order valence-corrected chi connectivity index (χ4v) is 3.94. The van der Waals surface area contributed by atoms with Gasteiger partial charge in [-0.25, -0.2) is 4.98 Å². The lowest BCUT2D eigenvalue weighted by atomic mass is 9.79. The monoisotopic (exact) mass is 286 g/mol. The number of aryl methyl sites for hydroxylation is 1. The molecule has 2 nitrogen and oxygen atoms in total. The summed E-state index contributed by atoms with van der Waals surface area (Å²) >= 11 is 1.69. The summed E-state index contributed by atoms with van der Waals surface area (Å²) in [7, 11) is 0. The van der Waals surface area contributed by atoms with Crippen LogP contribution in [0.4, 0.5) is 0 Å². The van der Waals surface area contributed by atoms with E-state index in [0.29, 0.717) is 12.0 Å². The van der Waals surface area contributed by atoms with Gasteiger partial charge in [0.2, 0.25) is 0 Å². The summed E-state index contributed by atoms with van der Waals surface area (Å²) in [4.78, 5) is 4.51. The number of hydrogen-bond donors (Lipinski definition) is 1. The number of benzene rings is 1. The highest BCUT2D eigenvalue weighted by Gasteiger charge is 2.24. The first kappa shape index (κ1) is 13.8. The molecule has 20 heavy (non-hydrogen) atoms. The van der Waals surface area contributed by atoms with Crippen LogP contribution < -0.4 is 5.32 Å². The number of fused-ring (bicyclic) bond motifs is 1. The molecule has 1 heterocycles. The molecule has 1 aromatic carbocycles. The maximum Gasteiger partial charge on any atom is 0.0795 e. The molecule has 1 aliphatic carbocycles. The fourth-order valence-electron chi connectivity index (χ4n) is 3.33. The first-order chi connectivity index (χ1) is 9.88. The maximum atomic E-state index is 4.51. The van der Waals surface area contributed by atoms with Gasteiger partial charge < -0.3 is 5.32 Å². The van der Waals surface area contributed by atoms with Gasteiger partial charge in [0.05, 0.1) is 17.2 Å². The molecule has 0 bridgehead atoms. The molecule has 1 aliphatic rings. The van der Waals surface area contributed by atoms with Crippen LogP contribution in [0.15, 0.2) is 35.2 Å². The zero-order chi connectivity index (χ0) is 13.8. The highest BCUT2D eigenvalue weighted by atomic mass is 32.1. The Bertz CT molecular complexity index is 536. The van der Waals surface area contributed by atoms with Crippen LogP contribution >= 0.6 is 11.3 Å². The van der Waals surface area contributed by atoms with E-state index in [4.69, 9.17) is 0 Å². The Hall–Kier alpha value is -1.19. The molecule has 0 fully saturated rings. The number of hydrogen-bond acceptors (Lipinski definition) is 3. The number of nitrogens with zero attached hydrogens (tertiary/aromatic N) is 1. The predicted octanol–water partition coefficient (Wildman–Crippen LogP) is 4.30. The maximum absolute atomic E-state index is 4.51. The summed E-state index contributed by atoms with van der Waals surface area (Å²) in [5, 5.41) is 5.79. The quantitative estimate of drug-likeness (QED) is 0.886. The normalized spacial score (nSPS) is 19.6. The molecule has 0 saturated carbocycles. The van der Waals surface area contributed by atoms with Gasteiger partial charge >= 0.3 is 0 Å². The summed E-state index contributed by atoms with van der Waals surface area (Å²) < 4.78 is 0. The molecule has 2 atom stereocenters. The molecule has 0 aliphatic heterocycles. The first-order valence-electron chi connectivity index (χ1n) is 7.57. The summed E-state index contributed by atoms with van der Waals surface area (Å²) in [5.74, 6) is 0.672. The van der Waals surface area contributed by atoms with Crippen molar-refractivity contribution in [3.8, 4) is 0 Å². The number of aromatic nitrogens is 1. The summed E-state index contributed by atoms with van der Waals surface area (Å²) in [6, 6.07) is 9.36. The Morgan fingerprint density at radius 2 is 2.30 bits per heavy atom. The number of rotatable bonds is 5. The van der Waals surface area contributed by atoms with Gasteiger partial charge in [-0.3, -0.25) is 0 Å². The van der Waals surface area contributed by atoms with Crippen molar-refractivity contribution >= 4 is 11.3 Å². The Labute approximate surface area is 125 Å². The van der Waals surface area contributed by atoms with Gasteiger partial charge in [-0.05, 0) is 49.3 Å². The second-order valence-corrected chi connectivity index (χ2v) is 6.27. The topological polar surface area (TPSA) is 24.9 Å². The lowest BCUT2D eigenvalue weighted by molar-refractivity contribution is 0.421. The number of thiazole rings is 1. The fraction of sp³-hybridized carbons (Fsp3) is 0.471. The van der Waals surface area contributed by atoms with Gasteiger partial charge in [-0.2, -0.15) is 0 Å². The lowest BCUT2D eigenvalue weighted by Gasteiger charge is -2.28. The van der Waals surface area contributed by atoms with E-state index in [0.717, 1.165) is 13.0 Å². The second kappa shape index (κ2) is 6.51. The Morgan fingerprint density at radius 1 is 1.40 bits per heavy atom. The van der Waals surface area contributed by atoms with Gasteiger partial charge in [0.15, 0.2) is 0 Å². The van der Waals surface area contributed by atoms with Crippen LogP contribution in [-0.2, 0) is 6.42 Å². The van der Waals surface area contributed by atoms with E-state index >= 15 is 0 Å². The highest BCUT2D eigenvalue weighted by Crippen LogP contribution is 2.37. The third kappa shape index (κ3) is 2.94. The standard InChI is InChI=1S/C17H22N2S/c1-2-18-16(17-11-20-12-19-17)10-14-8-5-7-13-6-3-4-9-15(13)14/h3-4,6,9,11-12,14,16,18H,2,5,7-8,10H2,1H3. The summed E-state index contributed by atoms with van der Waals surface area (Å²) in [6.07, 6.45) is 5.03. The third-order valence-electron chi connectivity index (χ3n) is 4.27. The molecule has 2 unspecified atom stereocenters. The minimum absolute atomic E-state index is 0.391. The van der Waals surface area contributed by atoms with Crippen LogP contribution in [0.2, 0.25) is 0 Å². The molecule has 0 radical (unpaired) electrons. The van der Waals surface area contributed by atoms with Crippen molar-refractivity contribution in [1.82, 2.24) is 10.3 Å². The van der Waals surface area contributed by atoms with Crippen molar-refractivity contribution in [2.24, 2.45) is 0 Å². The van der Waals surface area contributed by atoms with Crippen LogP contribution in [-0.4, -0.2) is 11.5 Å². The molecular weight excluding hydrogens is 264 g/mol. The van der Waals surface area contributed by atoms with Crippen molar-refractivity contribution in [3.05, 3.63) is 52.0 Å². The van der Waals surface area contributed by atoms with Crippen molar-refractivity contribution in [1.29, 1.82) is 0 Å². The lowest BCUT2D eigenvalue weighted by Crippen LogP contribution is -2.24. The number of nitrogens with one attached hydrogen (secondary N) is 1. The zero-order valence-electron chi connectivity index (χ0n) is 12.0. The van der Waals surface area contributed by atoms with E-state index in [-0.39, 0.29) is 0 Å². The van der Waals surface area contributed by atoms with Gasteiger partial charge in [-0.15, -0.1) is 11.3 Å². The molecule has 1 aromatic heterocycles. The Kier molecular flexibility index (Phi) is 4.48. The SMILES string of the molecule is CCNC(CC1CCCc2ccccc21)c1cscn1. The average molecular weight is 286 g/mol. The molecule has 3 heteroatoms. The highest BCUT2D eigenvalue weighted by molar-refractivity contribution is 7.07. The second-order valence-electron chi connectivity index (χ2n) is 5.55. The zero-order valence-corrected chi connectivity index (χ0v) is 12.8. The molecule has 0 spiro atoms. The van der Waals surface area contributed by atoms with Crippen LogP contribution in [0.25, 0.3) is 0 Å². The van der Waals surface area contributed by atoms with Crippen molar-refractivity contribution < 1.29 is 0 Å². The smallest absolute Gasteiger partial charge is 0.0795 e. The van der Waals surface area contributed by atoms with E-state index in [1.165, 1.54) is 25.0 Å². The van der Waals surface area contributed by atoms with Gasteiger partial charge in [-0.1, -0.05) is 31.2 Å². The Balaban J connectivity index is 1.79. The van der Waals surface area contributed by atoms with Crippen LogP contribution in [0.5, 0.6) is 0 Å². The van der Waals surface area contributed by atoms with E-state index < -0.39 is 0 Å². The minimum Gasteiger partial charge on any atom is -0.309 e. The molecule has 0 amide bonds. The van der Waals surface area contributed by atoms with E-state index in [9.17, 15) is 0 Å². The van der Waals surface area contributed by atoms with Crippen LogP contribution in [0, 0.1) is 0 Å². The van der Waals surface area contributed by atoms with Gasteiger partial charge in [0, 0.05) is 5.38 Å². The molecule has 106 valence electrons. The molecule has 0 saturated heterocycles. The van der Waals surface area contributed by atoms with Crippen LogP contribution in [0.1, 0.15) is 55.0 Å². The van der Waals surface area contributed by atoms with Crippen molar-refractivity contribution in [2.75, 3.05) is 6.54 Å². The molecule has 1 N–H and O–H groups in total. The van der Waals surface area contributed by atoms with Gasteiger partial charge in [0.1, 0.15) is 0 Å². The molecule has 2 aromatic rings. The van der Waals surface area contributed by atoms with Crippen molar-refractivity contribution in [2.45, 2.75) is 44.6 Å². The van der Waals surface area contributed by atoms with Gasteiger partial charge in [0.25, 0.3) is 0 Å². The minimum atomic E-state index is 0.391. The van der Waals surface area contributed by atoms with Crippen molar-refractivity contribution in [3.63, 3.8) is 0 Å².